The van der Waals surface area contributed by atoms with E-state index in [2.05, 4.69) is 29.0 Å². The molecule has 0 saturated heterocycles. The van der Waals surface area contributed by atoms with Crippen molar-refractivity contribution in [3.63, 3.8) is 0 Å². The van der Waals surface area contributed by atoms with Crippen LogP contribution in [-0.4, -0.2) is 15.0 Å². The minimum Gasteiger partial charge on any atom is -0.298 e. The lowest BCUT2D eigenvalue weighted by Crippen LogP contribution is -2.04. The van der Waals surface area contributed by atoms with Gasteiger partial charge in [-0.25, -0.2) is 5.90 Å². The maximum atomic E-state index is 4.89. The van der Waals surface area contributed by atoms with Crippen LogP contribution in [0.5, 0.6) is 0 Å². The number of hydrogen-bond donors (Lipinski definition) is 1. The van der Waals surface area contributed by atoms with E-state index < -0.39 is 0 Å². The van der Waals surface area contributed by atoms with Gasteiger partial charge in [-0.05, 0) is 5.92 Å². The van der Waals surface area contributed by atoms with E-state index in [1.165, 1.54) is 0 Å². The molecule has 0 saturated carbocycles. The maximum Gasteiger partial charge on any atom is 0.113 e. The molecule has 0 aliphatic rings. The topological polar surface area (TPSA) is 66.0 Å². The van der Waals surface area contributed by atoms with Crippen LogP contribution >= 0.6 is 0 Å². The molecule has 0 spiro atoms. The van der Waals surface area contributed by atoms with Crippen LogP contribution in [0.2, 0.25) is 0 Å². The van der Waals surface area contributed by atoms with E-state index in [1.54, 1.807) is 4.68 Å². The summed E-state index contributed by atoms with van der Waals surface area (Å²) in [4.78, 5) is 4.43. The van der Waals surface area contributed by atoms with Gasteiger partial charge in [0, 0.05) is 6.54 Å². The van der Waals surface area contributed by atoms with E-state index in [0.29, 0.717) is 12.5 Å². The molecular weight excluding hydrogens is 156 g/mol. The highest BCUT2D eigenvalue weighted by atomic mass is 16.6. The average Bonchev–Trinajstić information content (AvgIpc) is 2.36. The van der Waals surface area contributed by atoms with E-state index in [-0.39, 0.29) is 0 Å². The Morgan fingerprint density at radius 3 is 3.00 bits per heavy atom. The monoisotopic (exact) mass is 170 g/mol. The van der Waals surface area contributed by atoms with Gasteiger partial charge < -0.3 is 0 Å². The van der Waals surface area contributed by atoms with Gasteiger partial charge in [-0.3, -0.25) is 9.52 Å². The van der Waals surface area contributed by atoms with Crippen LogP contribution in [-0.2, 0) is 18.0 Å². The molecule has 1 rings (SSSR count). The fraction of sp³-hybridized carbons (Fsp3) is 0.714. The second kappa shape index (κ2) is 4.18. The molecule has 0 unspecified atom stereocenters. The van der Waals surface area contributed by atoms with Crippen molar-refractivity contribution in [1.29, 1.82) is 0 Å². The standard InChI is InChI=1S/C7H14N4O/c1-6(2)3-11-4-7(5-12-8)9-10-11/h4,6H,3,5,8H2,1-2H3. The van der Waals surface area contributed by atoms with Crippen LogP contribution in [0.4, 0.5) is 0 Å². The molecule has 0 atom stereocenters. The van der Waals surface area contributed by atoms with E-state index in [1.807, 2.05) is 6.20 Å². The van der Waals surface area contributed by atoms with Gasteiger partial charge in [0.15, 0.2) is 0 Å². The Morgan fingerprint density at radius 2 is 2.42 bits per heavy atom. The molecular formula is C7H14N4O. The minimum atomic E-state index is 0.318. The van der Waals surface area contributed by atoms with Gasteiger partial charge in [-0.15, -0.1) is 5.10 Å². The summed E-state index contributed by atoms with van der Waals surface area (Å²) in [5.41, 5.74) is 0.762. The van der Waals surface area contributed by atoms with E-state index in [0.717, 1.165) is 12.2 Å². The van der Waals surface area contributed by atoms with Crippen molar-refractivity contribution in [3.05, 3.63) is 11.9 Å². The van der Waals surface area contributed by atoms with Crippen molar-refractivity contribution < 1.29 is 4.84 Å². The summed E-state index contributed by atoms with van der Waals surface area (Å²) in [6.07, 6.45) is 1.84. The number of rotatable bonds is 4. The summed E-state index contributed by atoms with van der Waals surface area (Å²) in [6, 6.07) is 0. The summed E-state index contributed by atoms with van der Waals surface area (Å²) in [7, 11) is 0. The molecule has 0 aliphatic heterocycles. The van der Waals surface area contributed by atoms with Crippen molar-refractivity contribution in [2.45, 2.75) is 27.0 Å². The molecule has 12 heavy (non-hydrogen) atoms. The summed E-state index contributed by atoms with van der Waals surface area (Å²) in [6.45, 7) is 5.44. The van der Waals surface area contributed by atoms with Crippen LogP contribution in [0.1, 0.15) is 19.5 Å². The van der Waals surface area contributed by atoms with Crippen molar-refractivity contribution in [1.82, 2.24) is 15.0 Å². The predicted molar refractivity (Wildman–Crippen MR) is 43.8 cm³/mol. The van der Waals surface area contributed by atoms with Gasteiger partial charge in [0.1, 0.15) is 12.3 Å². The van der Waals surface area contributed by atoms with Gasteiger partial charge >= 0.3 is 0 Å². The highest BCUT2D eigenvalue weighted by molar-refractivity contribution is 4.89. The fourth-order valence-corrected chi connectivity index (χ4v) is 0.953. The third kappa shape index (κ3) is 2.60. The molecule has 0 amide bonds. The molecule has 0 radical (unpaired) electrons. The molecule has 68 valence electrons. The predicted octanol–water partition coefficient (Wildman–Crippen LogP) is 0.324. The minimum absolute atomic E-state index is 0.318. The smallest absolute Gasteiger partial charge is 0.113 e. The van der Waals surface area contributed by atoms with Gasteiger partial charge in [0.05, 0.1) is 6.20 Å². The van der Waals surface area contributed by atoms with Gasteiger partial charge in [0.25, 0.3) is 0 Å². The lowest BCUT2D eigenvalue weighted by Gasteiger charge is -2.01. The highest BCUT2D eigenvalue weighted by Gasteiger charge is 2.01. The molecule has 1 aromatic heterocycles. The fourth-order valence-electron chi connectivity index (χ4n) is 0.953. The third-order valence-electron chi connectivity index (χ3n) is 1.37. The molecule has 0 fully saturated rings. The first-order valence-electron chi connectivity index (χ1n) is 3.93. The molecule has 5 heteroatoms. The SMILES string of the molecule is CC(C)Cn1cc(CON)nn1. The lowest BCUT2D eigenvalue weighted by molar-refractivity contribution is 0.121. The van der Waals surface area contributed by atoms with Crippen LogP contribution < -0.4 is 5.90 Å². The zero-order chi connectivity index (χ0) is 8.97. The van der Waals surface area contributed by atoms with Gasteiger partial charge in [-0.2, -0.15) is 0 Å². The zero-order valence-electron chi connectivity index (χ0n) is 7.40. The summed E-state index contributed by atoms with van der Waals surface area (Å²) in [5, 5.41) is 7.77. The first-order chi connectivity index (χ1) is 5.72. The summed E-state index contributed by atoms with van der Waals surface area (Å²) < 4.78 is 1.79. The van der Waals surface area contributed by atoms with E-state index in [4.69, 9.17) is 5.90 Å². The third-order valence-corrected chi connectivity index (χ3v) is 1.37. The lowest BCUT2D eigenvalue weighted by atomic mass is 10.2. The molecule has 0 aliphatic carbocycles. The number of aromatic nitrogens is 3. The summed E-state index contributed by atoms with van der Waals surface area (Å²) >= 11 is 0. The van der Waals surface area contributed by atoms with Gasteiger partial charge in [-0.1, -0.05) is 19.1 Å². The molecule has 2 N–H and O–H groups in total. The maximum absolute atomic E-state index is 4.89. The Morgan fingerprint density at radius 1 is 1.67 bits per heavy atom. The van der Waals surface area contributed by atoms with E-state index >= 15 is 0 Å². The second-order valence-electron chi connectivity index (χ2n) is 3.14. The Labute approximate surface area is 71.5 Å². The molecule has 0 aromatic carbocycles. The summed E-state index contributed by atoms with van der Waals surface area (Å²) in [5.74, 6) is 5.46. The molecule has 0 bridgehead atoms. The first kappa shape index (κ1) is 9.15. The molecule has 5 nitrogen and oxygen atoms in total. The molecule has 1 heterocycles. The normalized spacial score (nSPS) is 11.0. The average molecular weight is 170 g/mol. The van der Waals surface area contributed by atoms with E-state index in [9.17, 15) is 0 Å². The van der Waals surface area contributed by atoms with Crippen LogP contribution in [0.25, 0.3) is 0 Å². The second-order valence-corrected chi connectivity index (χ2v) is 3.14. The van der Waals surface area contributed by atoms with Crippen molar-refractivity contribution in [2.24, 2.45) is 11.8 Å². The Kier molecular flexibility index (Phi) is 3.19. The van der Waals surface area contributed by atoms with Crippen molar-refractivity contribution >= 4 is 0 Å². The van der Waals surface area contributed by atoms with Crippen LogP contribution in [0.3, 0.4) is 0 Å². The van der Waals surface area contributed by atoms with Crippen molar-refractivity contribution in [3.8, 4) is 0 Å². The molecule has 1 aromatic rings. The van der Waals surface area contributed by atoms with Gasteiger partial charge in [0.2, 0.25) is 0 Å². The zero-order valence-corrected chi connectivity index (χ0v) is 7.40. The number of hydrogen-bond acceptors (Lipinski definition) is 4. The Balaban J connectivity index is 2.52. The van der Waals surface area contributed by atoms with Crippen molar-refractivity contribution in [2.75, 3.05) is 0 Å². The number of nitrogens with two attached hydrogens (primary N) is 1. The quantitative estimate of drug-likeness (QED) is 0.661. The highest BCUT2D eigenvalue weighted by Crippen LogP contribution is 1.99. The first-order valence-corrected chi connectivity index (χ1v) is 3.93. The largest absolute Gasteiger partial charge is 0.298 e. The Bertz CT molecular complexity index is 233. The van der Waals surface area contributed by atoms with Crippen LogP contribution in [0, 0.1) is 5.92 Å². The van der Waals surface area contributed by atoms with Crippen LogP contribution in [0.15, 0.2) is 6.20 Å². The Hall–Kier alpha value is -0.940. The number of nitrogens with zero attached hydrogens (tertiary/aromatic N) is 3.